The van der Waals surface area contributed by atoms with E-state index >= 15 is 0 Å². The fraction of sp³-hybridized carbons (Fsp3) is 0.750. The van der Waals surface area contributed by atoms with Gasteiger partial charge in [-0.1, -0.05) is 12.2 Å². The molecule has 1 fully saturated rings. The summed E-state index contributed by atoms with van der Waals surface area (Å²) in [6.07, 6.45) is 7.99. The normalized spacial score (nSPS) is 35.0. The number of allylic oxidation sites excluding steroid dienone is 1. The molecule has 2 heteroatoms. The number of hydrogen-bond donors (Lipinski definition) is 0. The van der Waals surface area contributed by atoms with Crippen LogP contribution in [0.3, 0.4) is 0 Å². The molecule has 0 aromatic carbocycles. The SMILES string of the molecule is CC=CC1([SiH2])CCCCO1. The molecule has 57 valence electrons. The molecular weight excluding hydrogens is 140 g/mol. The summed E-state index contributed by atoms with van der Waals surface area (Å²) in [6, 6.07) is 0. The molecule has 1 unspecified atom stereocenters. The van der Waals surface area contributed by atoms with Crippen LogP contribution in [-0.4, -0.2) is 22.1 Å². The Balaban J connectivity index is 2.48. The first kappa shape index (κ1) is 8.02. The zero-order chi connectivity index (χ0) is 7.45. The standard InChI is InChI=1S/C8H15OSi/c1-2-5-8(10)6-3-4-7-9-8/h2,5H,3-4,6-7,10H2,1H3. The van der Waals surface area contributed by atoms with E-state index in [1.807, 2.05) is 17.2 Å². The van der Waals surface area contributed by atoms with Crippen LogP contribution in [-0.2, 0) is 4.74 Å². The van der Waals surface area contributed by atoms with Gasteiger partial charge in [0.1, 0.15) is 0 Å². The molecule has 0 amide bonds. The summed E-state index contributed by atoms with van der Waals surface area (Å²) < 4.78 is 5.63. The van der Waals surface area contributed by atoms with E-state index in [-0.39, 0.29) is 5.22 Å². The van der Waals surface area contributed by atoms with Crippen molar-refractivity contribution in [2.24, 2.45) is 0 Å². The summed E-state index contributed by atoms with van der Waals surface area (Å²) in [5.41, 5.74) is 0. The summed E-state index contributed by atoms with van der Waals surface area (Å²) in [7, 11) is 1.95. The van der Waals surface area contributed by atoms with Gasteiger partial charge in [-0.25, -0.2) is 0 Å². The van der Waals surface area contributed by atoms with E-state index in [2.05, 4.69) is 12.2 Å². The first-order valence-electron chi connectivity index (χ1n) is 3.90. The van der Waals surface area contributed by atoms with E-state index in [0.29, 0.717) is 0 Å². The lowest BCUT2D eigenvalue weighted by atomic mass is 10.1. The molecule has 1 saturated heterocycles. The monoisotopic (exact) mass is 155 g/mol. The molecule has 0 saturated carbocycles. The van der Waals surface area contributed by atoms with Gasteiger partial charge >= 0.3 is 0 Å². The zero-order valence-corrected chi connectivity index (χ0v) is 8.01. The first-order valence-corrected chi connectivity index (χ1v) is 4.61. The molecule has 0 bridgehead atoms. The van der Waals surface area contributed by atoms with Gasteiger partial charge in [0.25, 0.3) is 0 Å². The molecular formula is C8H15OSi. The Morgan fingerprint density at radius 2 is 2.30 bits per heavy atom. The third kappa shape index (κ3) is 1.96. The maximum atomic E-state index is 5.63. The number of rotatable bonds is 1. The van der Waals surface area contributed by atoms with Crippen LogP contribution >= 0.6 is 0 Å². The van der Waals surface area contributed by atoms with Crippen LogP contribution < -0.4 is 0 Å². The molecule has 1 atom stereocenters. The predicted molar refractivity (Wildman–Crippen MR) is 45.9 cm³/mol. The van der Waals surface area contributed by atoms with Crippen molar-refractivity contribution in [3.05, 3.63) is 12.2 Å². The van der Waals surface area contributed by atoms with E-state index in [1.54, 1.807) is 0 Å². The van der Waals surface area contributed by atoms with Gasteiger partial charge in [0.15, 0.2) is 0 Å². The van der Waals surface area contributed by atoms with Crippen LogP contribution in [0.15, 0.2) is 12.2 Å². The molecule has 0 aromatic heterocycles. The highest BCUT2D eigenvalue weighted by Gasteiger charge is 2.23. The van der Waals surface area contributed by atoms with Crippen LogP contribution in [0, 0.1) is 0 Å². The quantitative estimate of drug-likeness (QED) is 0.407. The van der Waals surface area contributed by atoms with E-state index in [0.717, 1.165) is 6.61 Å². The Morgan fingerprint density at radius 1 is 1.50 bits per heavy atom. The van der Waals surface area contributed by atoms with Gasteiger partial charge in [-0.3, -0.25) is 0 Å². The third-order valence-electron chi connectivity index (χ3n) is 1.85. The van der Waals surface area contributed by atoms with Gasteiger partial charge in [-0.15, -0.1) is 0 Å². The lowest BCUT2D eigenvalue weighted by Crippen LogP contribution is -2.34. The van der Waals surface area contributed by atoms with Gasteiger partial charge in [0, 0.05) is 6.61 Å². The van der Waals surface area contributed by atoms with E-state index in [9.17, 15) is 0 Å². The van der Waals surface area contributed by atoms with Crippen LogP contribution in [0.2, 0.25) is 0 Å². The number of hydrogen-bond acceptors (Lipinski definition) is 1. The molecule has 1 rings (SSSR count). The van der Waals surface area contributed by atoms with E-state index in [1.165, 1.54) is 19.3 Å². The highest BCUT2D eigenvalue weighted by molar-refractivity contribution is 6.16. The van der Waals surface area contributed by atoms with Gasteiger partial charge in [-0.2, -0.15) is 0 Å². The van der Waals surface area contributed by atoms with Crippen LogP contribution in [0.25, 0.3) is 0 Å². The average Bonchev–Trinajstić information content (AvgIpc) is 1.89. The average molecular weight is 155 g/mol. The van der Waals surface area contributed by atoms with Gasteiger partial charge in [0.05, 0.1) is 15.5 Å². The maximum Gasteiger partial charge on any atom is 0.0663 e. The Kier molecular flexibility index (Phi) is 2.69. The first-order chi connectivity index (χ1) is 4.77. The van der Waals surface area contributed by atoms with Crippen LogP contribution in [0.5, 0.6) is 0 Å². The lowest BCUT2D eigenvalue weighted by Gasteiger charge is -2.30. The highest BCUT2D eigenvalue weighted by Crippen LogP contribution is 2.22. The summed E-state index contributed by atoms with van der Waals surface area (Å²) in [5, 5.41) is 0.0764. The Hall–Kier alpha value is -0.0831. The largest absolute Gasteiger partial charge is 0.376 e. The minimum Gasteiger partial charge on any atom is -0.376 e. The third-order valence-corrected chi connectivity index (χ3v) is 2.65. The van der Waals surface area contributed by atoms with Crippen molar-refractivity contribution in [1.29, 1.82) is 0 Å². The lowest BCUT2D eigenvalue weighted by molar-refractivity contribution is 0.0153. The zero-order valence-electron chi connectivity index (χ0n) is 6.60. The molecule has 0 spiro atoms. The van der Waals surface area contributed by atoms with Gasteiger partial charge < -0.3 is 4.74 Å². The molecule has 1 aliphatic rings. The van der Waals surface area contributed by atoms with Crippen molar-refractivity contribution >= 4 is 10.2 Å². The fourth-order valence-corrected chi connectivity index (χ4v) is 1.94. The molecule has 0 N–H and O–H groups in total. The van der Waals surface area contributed by atoms with Crippen molar-refractivity contribution < 1.29 is 4.74 Å². The molecule has 1 nitrogen and oxygen atoms in total. The van der Waals surface area contributed by atoms with Crippen molar-refractivity contribution in [2.45, 2.75) is 31.4 Å². The molecule has 0 aliphatic carbocycles. The Bertz CT molecular complexity index is 125. The Morgan fingerprint density at radius 3 is 2.80 bits per heavy atom. The summed E-state index contributed by atoms with van der Waals surface area (Å²) in [4.78, 5) is 0. The molecule has 10 heavy (non-hydrogen) atoms. The minimum absolute atomic E-state index is 0.0764. The van der Waals surface area contributed by atoms with E-state index < -0.39 is 0 Å². The van der Waals surface area contributed by atoms with Crippen LogP contribution in [0.1, 0.15) is 26.2 Å². The smallest absolute Gasteiger partial charge is 0.0663 e. The molecule has 1 aliphatic heterocycles. The molecule has 1 heterocycles. The summed E-state index contributed by atoms with van der Waals surface area (Å²) in [5.74, 6) is 0. The second-order valence-corrected chi connectivity index (χ2v) is 4.07. The highest BCUT2D eigenvalue weighted by atomic mass is 28.1. The van der Waals surface area contributed by atoms with E-state index in [4.69, 9.17) is 4.74 Å². The fourth-order valence-electron chi connectivity index (χ4n) is 1.31. The number of ether oxygens (including phenoxy) is 1. The topological polar surface area (TPSA) is 9.23 Å². The van der Waals surface area contributed by atoms with Crippen LogP contribution in [0.4, 0.5) is 0 Å². The van der Waals surface area contributed by atoms with Gasteiger partial charge in [-0.05, 0) is 26.2 Å². The van der Waals surface area contributed by atoms with Crippen molar-refractivity contribution in [3.8, 4) is 0 Å². The second-order valence-electron chi connectivity index (χ2n) is 2.87. The maximum absolute atomic E-state index is 5.63. The van der Waals surface area contributed by atoms with Crippen molar-refractivity contribution in [2.75, 3.05) is 6.61 Å². The molecule has 0 aromatic rings. The van der Waals surface area contributed by atoms with Crippen molar-refractivity contribution in [3.63, 3.8) is 0 Å². The molecule has 1 radical (unpaired) electrons. The van der Waals surface area contributed by atoms with Crippen molar-refractivity contribution in [1.82, 2.24) is 0 Å². The minimum atomic E-state index is 0.0764. The summed E-state index contributed by atoms with van der Waals surface area (Å²) >= 11 is 0. The second kappa shape index (κ2) is 3.35. The summed E-state index contributed by atoms with van der Waals surface area (Å²) in [6.45, 7) is 2.99. The predicted octanol–water partition coefficient (Wildman–Crippen LogP) is 1.09. The Labute approximate surface area is 65.9 Å². The van der Waals surface area contributed by atoms with Gasteiger partial charge in [0.2, 0.25) is 0 Å².